The second-order valence-corrected chi connectivity index (χ2v) is 6.46. The molecule has 0 aliphatic carbocycles. The molecular formula is C17H18ClO4P. The summed E-state index contributed by atoms with van der Waals surface area (Å²) >= 11 is 5.64. The normalized spacial score (nSPS) is 11.8. The van der Waals surface area contributed by atoms with Gasteiger partial charge in [-0.1, -0.05) is 36.4 Å². The van der Waals surface area contributed by atoms with Gasteiger partial charge in [-0.15, -0.1) is 11.6 Å². The number of rotatable bonds is 8. The van der Waals surface area contributed by atoms with Crippen LogP contribution in [0.1, 0.15) is 13.3 Å². The Bertz CT molecular complexity index is 628. The Hall–Kier alpha value is -1.90. The fourth-order valence-corrected chi connectivity index (χ4v) is 3.16. The molecule has 23 heavy (non-hydrogen) atoms. The van der Waals surface area contributed by atoms with E-state index in [1.165, 1.54) is 0 Å². The molecule has 0 aliphatic heterocycles. The highest BCUT2D eigenvalue weighted by Crippen LogP contribution is 2.51. The van der Waals surface area contributed by atoms with Crippen molar-refractivity contribution >= 4 is 19.4 Å². The van der Waals surface area contributed by atoms with E-state index in [-0.39, 0.29) is 0 Å². The average molecular weight is 353 g/mol. The first-order chi connectivity index (χ1) is 11.1. The van der Waals surface area contributed by atoms with Gasteiger partial charge in [0.2, 0.25) is 0 Å². The van der Waals surface area contributed by atoms with Gasteiger partial charge in [0.15, 0.2) is 0 Å². The topological polar surface area (TPSA) is 44.8 Å². The van der Waals surface area contributed by atoms with Gasteiger partial charge in [-0.3, -0.25) is 0 Å². The van der Waals surface area contributed by atoms with Crippen LogP contribution >= 0.6 is 19.4 Å². The minimum Gasteiger partial charge on any atom is -0.391 e. The maximum Gasteiger partial charge on any atom is 0.646 e. The molecule has 4 nitrogen and oxygen atoms in total. The van der Waals surface area contributed by atoms with Crippen LogP contribution in [-0.2, 0) is 9.09 Å². The largest absolute Gasteiger partial charge is 0.646 e. The maximum absolute atomic E-state index is 13.0. The zero-order valence-electron chi connectivity index (χ0n) is 12.7. The van der Waals surface area contributed by atoms with Gasteiger partial charge in [0.25, 0.3) is 0 Å². The number of allylic oxidation sites excluding steroid dienone is 2. The first kappa shape index (κ1) is 17.5. The molecule has 0 aliphatic rings. The van der Waals surface area contributed by atoms with Crippen LogP contribution in [0, 0.1) is 0 Å². The monoisotopic (exact) mass is 352 g/mol. The number of phosphoric ester groups is 1. The van der Waals surface area contributed by atoms with E-state index in [1.54, 1.807) is 61.5 Å². The van der Waals surface area contributed by atoms with Gasteiger partial charge in [-0.05, 0) is 43.7 Å². The number of benzene rings is 2. The molecule has 2 rings (SSSR count). The van der Waals surface area contributed by atoms with Crippen molar-refractivity contribution in [3.63, 3.8) is 0 Å². The zero-order valence-corrected chi connectivity index (χ0v) is 14.4. The van der Waals surface area contributed by atoms with Gasteiger partial charge in [0.05, 0.1) is 0 Å². The smallest absolute Gasteiger partial charge is 0.391 e. The van der Waals surface area contributed by atoms with Crippen LogP contribution in [0.3, 0.4) is 0 Å². The van der Waals surface area contributed by atoms with Gasteiger partial charge in [0.1, 0.15) is 17.3 Å². The van der Waals surface area contributed by atoms with Crippen LogP contribution in [0.4, 0.5) is 0 Å². The van der Waals surface area contributed by atoms with Gasteiger partial charge < -0.3 is 13.6 Å². The fraction of sp³-hybridized carbons (Fsp3) is 0.176. The SMILES string of the molecule is C/C(=C/CCCl)OP(=O)(Oc1ccccc1)Oc1ccccc1. The van der Waals surface area contributed by atoms with E-state index in [4.69, 9.17) is 25.2 Å². The molecule has 0 bridgehead atoms. The second-order valence-electron chi connectivity index (χ2n) is 4.64. The molecule has 122 valence electrons. The maximum atomic E-state index is 13.0. The Morgan fingerprint density at radius 2 is 1.48 bits per heavy atom. The summed E-state index contributed by atoms with van der Waals surface area (Å²) in [4.78, 5) is 0. The molecule has 0 amide bonds. The lowest BCUT2D eigenvalue weighted by Gasteiger charge is -2.19. The molecular weight excluding hydrogens is 335 g/mol. The second kappa shape index (κ2) is 8.66. The number of para-hydroxylation sites is 2. The summed E-state index contributed by atoms with van der Waals surface area (Å²) in [5, 5.41) is 0. The summed E-state index contributed by atoms with van der Waals surface area (Å²) in [7, 11) is -3.87. The zero-order chi connectivity index (χ0) is 16.5. The van der Waals surface area contributed by atoms with Crippen molar-refractivity contribution in [1.29, 1.82) is 0 Å². The third-order valence-corrected chi connectivity index (χ3v) is 4.32. The summed E-state index contributed by atoms with van der Waals surface area (Å²) < 4.78 is 29.4. The summed E-state index contributed by atoms with van der Waals surface area (Å²) in [5.41, 5.74) is 0. The van der Waals surface area contributed by atoms with E-state index in [0.717, 1.165) is 0 Å². The van der Waals surface area contributed by atoms with Crippen molar-refractivity contribution in [1.82, 2.24) is 0 Å². The molecule has 0 unspecified atom stereocenters. The van der Waals surface area contributed by atoms with E-state index >= 15 is 0 Å². The summed E-state index contributed by atoms with van der Waals surface area (Å²) in [6.45, 7) is 1.68. The molecule has 0 atom stereocenters. The predicted octanol–water partition coefficient (Wildman–Crippen LogP) is 5.80. The van der Waals surface area contributed by atoms with Crippen molar-refractivity contribution in [2.45, 2.75) is 13.3 Å². The molecule has 2 aromatic carbocycles. The molecule has 0 saturated carbocycles. The van der Waals surface area contributed by atoms with E-state index in [0.29, 0.717) is 29.6 Å². The Balaban J connectivity index is 2.20. The molecule has 0 N–H and O–H groups in total. The van der Waals surface area contributed by atoms with Gasteiger partial charge in [0, 0.05) is 5.88 Å². The van der Waals surface area contributed by atoms with Crippen LogP contribution in [0.15, 0.2) is 72.5 Å². The van der Waals surface area contributed by atoms with E-state index < -0.39 is 7.82 Å². The van der Waals surface area contributed by atoms with Crippen LogP contribution < -0.4 is 9.05 Å². The molecule has 0 spiro atoms. The highest BCUT2D eigenvalue weighted by molar-refractivity contribution is 7.49. The number of hydrogen-bond acceptors (Lipinski definition) is 4. The standard InChI is InChI=1S/C17H18ClO4P/c1-15(9-8-14-18)20-23(19,21-16-10-4-2-5-11-16)22-17-12-6-3-7-13-17/h2-7,9-13H,8,14H2,1H3/b15-9-. The molecule has 0 aromatic heterocycles. The Labute approximate surface area is 141 Å². The first-order valence-electron chi connectivity index (χ1n) is 7.13. The Morgan fingerprint density at radius 1 is 1.00 bits per heavy atom. The van der Waals surface area contributed by atoms with Gasteiger partial charge in [-0.2, -0.15) is 4.57 Å². The lowest BCUT2D eigenvalue weighted by molar-refractivity contribution is 0.257. The van der Waals surface area contributed by atoms with Crippen molar-refractivity contribution < 1.29 is 18.1 Å². The van der Waals surface area contributed by atoms with Crippen LogP contribution in [0.5, 0.6) is 11.5 Å². The number of phosphoric acid groups is 1. The third-order valence-electron chi connectivity index (χ3n) is 2.72. The summed E-state index contributed by atoms with van der Waals surface area (Å²) in [6, 6.07) is 17.5. The lowest BCUT2D eigenvalue weighted by atomic mass is 10.3. The summed E-state index contributed by atoms with van der Waals surface area (Å²) in [6.07, 6.45) is 2.34. The predicted molar refractivity (Wildman–Crippen MR) is 91.9 cm³/mol. The number of hydrogen-bond donors (Lipinski definition) is 0. The van der Waals surface area contributed by atoms with E-state index in [2.05, 4.69) is 0 Å². The minimum absolute atomic E-state index is 0.400. The van der Waals surface area contributed by atoms with Crippen molar-refractivity contribution in [3.8, 4) is 11.5 Å². The molecule has 6 heteroatoms. The quantitative estimate of drug-likeness (QED) is 0.342. The van der Waals surface area contributed by atoms with Crippen molar-refractivity contribution in [3.05, 3.63) is 72.5 Å². The molecule has 2 aromatic rings. The Kier molecular flexibility index (Phi) is 6.57. The lowest BCUT2D eigenvalue weighted by Crippen LogP contribution is -2.04. The third kappa shape index (κ3) is 6.01. The van der Waals surface area contributed by atoms with Crippen molar-refractivity contribution in [2.24, 2.45) is 0 Å². The van der Waals surface area contributed by atoms with Gasteiger partial charge >= 0.3 is 7.82 Å². The molecule has 0 fully saturated rings. The average Bonchev–Trinajstić information content (AvgIpc) is 2.54. The molecule has 0 saturated heterocycles. The summed E-state index contributed by atoms with van der Waals surface area (Å²) in [5.74, 6) is 1.68. The van der Waals surface area contributed by atoms with Crippen molar-refractivity contribution in [2.75, 3.05) is 5.88 Å². The van der Waals surface area contributed by atoms with Crippen LogP contribution in [0.25, 0.3) is 0 Å². The fourth-order valence-electron chi connectivity index (χ4n) is 1.75. The van der Waals surface area contributed by atoms with Gasteiger partial charge in [-0.25, -0.2) is 0 Å². The highest BCUT2D eigenvalue weighted by Gasteiger charge is 2.32. The van der Waals surface area contributed by atoms with Crippen LogP contribution in [-0.4, -0.2) is 5.88 Å². The Morgan fingerprint density at radius 3 is 1.91 bits per heavy atom. The van der Waals surface area contributed by atoms with Crippen LogP contribution in [0.2, 0.25) is 0 Å². The molecule has 0 heterocycles. The molecule has 0 radical (unpaired) electrons. The van der Waals surface area contributed by atoms with E-state index in [9.17, 15) is 4.57 Å². The first-order valence-corrected chi connectivity index (χ1v) is 9.12. The highest BCUT2D eigenvalue weighted by atomic mass is 35.5. The minimum atomic E-state index is -3.87. The number of alkyl halides is 1. The number of halogens is 1. The van der Waals surface area contributed by atoms with E-state index in [1.807, 2.05) is 12.1 Å².